The van der Waals surface area contributed by atoms with Crippen LogP contribution in [-0.4, -0.2) is 45.9 Å². The lowest BCUT2D eigenvalue weighted by atomic mass is 10.0. The van der Waals surface area contributed by atoms with Crippen LogP contribution in [0.3, 0.4) is 0 Å². The number of nitrogens with zero attached hydrogens (tertiary/aromatic N) is 2. The molecule has 5 heteroatoms. The highest BCUT2D eigenvalue weighted by Crippen LogP contribution is 2.14. The van der Waals surface area contributed by atoms with Crippen LogP contribution in [0.1, 0.15) is 39.7 Å². The number of anilines is 1. The van der Waals surface area contributed by atoms with Gasteiger partial charge in [-0.25, -0.2) is 4.99 Å². The van der Waals surface area contributed by atoms with Gasteiger partial charge in [0.05, 0.1) is 12.6 Å². The van der Waals surface area contributed by atoms with E-state index in [1.54, 1.807) is 0 Å². The standard InChI is InChI=1S/C20H36N4O/c1-7-21-20(22-13-12-19(16(3)4)25-8-2)23-15-17-10-9-11-18(14-17)24(5)6/h9-11,14,16,19H,7-8,12-13,15H2,1-6H3,(H2,21,22,23). The van der Waals surface area contributed by atoms with Crippen LogP contribution >= 0.6 is 0 Å². The molecule has 1 aromatic rings. The van der Waals surface area contributed by atoms with Crippen molar-refractivity contribution in [1.82, 2.24) is 10.6 Å². The van der Waals surface area contributed by atoms with Crippen molar-refractivity contribution in [3.63, 3.8) is 0 Å². The number of rotatable bonds is 10. The molecule has 0 radical (unpaired) electrons. The van der Waals surface area contributed by atoms with Gasteiger partial charge in [0.2, 0.25) is 0 Å². The SMILES string of the molecule is CCNC(=NCc1cccc(N(C)C)c1)NCCC(OCC)C(C)C. The van der Waals surface area contributed by atoms with Gasteiger partial charge in [0.15, 0.2) is 5.96 Å². The molecule has 1 aromatic carbocycles. The molecule has 0 amide bonds. The van der Waals surface area contributed by atoms with Crippen molar-refractivity contribution in [2.24, 2.45) is 10.9 Å². The third-order valence-electron chi connectivity index (χ3n) is 4.04. The lowest BCUT2D eigenvalue weighted by molar-refractivity contribution is 0.0258. The minimum atomic E-state index is 0.289. The zero-order valence-electron chi connectivity index (χ0n) is 16.8. The van der Waals surface area contributed by atoms with Crippen molar-refractivity contribution in [1.29, 1.82) is 0 Å². The van der Waals surface area contributed by atoms with Gasteiger partial charge in [-0.3, -0.25) is 0 Å². The molecule has 1 rings (SSSR count). The number of nitrogens with one attached hydrogen (secondary N) is 2. The summed E-state index contributed by atoms with van der Waals surface area (Å²) in [5.74, 6) is 1.38. The first-order chi connectivity index (χ1) is 12.0. The number of guanidine groups is 1. The molecule has 0 saturated carbocycles. The molecule has 0 fully saturated rings. The smallest absolute Gasteiger partial charge is 0.191 e. The second-order valence-corrected chi connectivity index (χ2v) is 6.71. The molecule has 1 atom stereocenters. The van der Waals surface area contributed by atoms with Crippen LogP contribution in [-0.2, 0) is 11.3 Å². The quantitative estimate of drug-likeness (QED) is 0.503. The van der Waals surface area contributed by atoms with Crippen LogP contribution in [0.15, 0.2) is 29.3 Å². The topological polar surface area (TPSA) is 48.9 Å². The third-order valence-corrected chi connectivity index (χ3v) is 4.04. The third kappa shape index (κ3) is 8.25. The first kappa shape index (κ1) is 21.3. The van der Waals surface area contributed by atoms with E-state index in [2.05, 4.69) is 81.6 Å². The molecule has 25 heavy (non-hydrogen) atoms. The van der Waals surface area contributed by atoms with Crippen molar-refractivity contribution >= 4 is 11.6 Å². The maximum absolute atomic E-state index is 5.81. The minimum absolute atomic E-state index is 0.289. The van der Waals surface area contributed by atoms with Gasteiger partial charge < -0.3 is 20.3 Å². The molecule has 142 valence electrons. The summed E-state index contributed by atoms with van der Waals surface area (Å²) < 4.78 is 5.81. The number of aliphatic imine (C=N–C) groups is 1. The average molecular weight is 349 g/mol. The summed E-state index contributed by atoms with van der Waals surface area (Å²) in [6.45, 7) is 11.7. The zero-order chi connectivity index (χ0) is 18.7. The van der Waals surface area contributed by atoms with Crippen molar-refractivity contribution < 1.29 is 4.74 Å². The lowest BCUT2D eigenvalue weighted by Gasteiger charge is -2.21. The van der Waals surface area contributed by atoms with E-state index in [9.17, 15) is 0 Å². The predicted molar refractivity (Wildman–Crippen MR) is 108 cm³/mol. The Hall–Kier alpha value is -1.75. The Morgan fingerprint density at radius 3 is 2.56 bits per heavy atom. The molecule has 2 N–H and O–H groups in total. The van der Waals surface area contributed by atoms with Crippen molar-refractivity contribution in [3.8, 4) is 0 Å². The molecule has 0 aliphatic rings. The highest BCUT2D eigenvalue weighted by Gasteiger charge is 2.12. The molecule has 5 nitrogen and oxygen atoms in total. The molecule has 0 heterocycles. The Labute approximate surface area is 153 Å². The Bertz CT molecular complexity index is 514. The molecule has 0 aromatic heterocycles. The summed E-state index contributed by atoms with van der Waals surface area (Å²) in [7, 11) is 4.11. The molecule has 0 spiro atoms. The first-order valence-corrected chi connectivity index (χ1v) is 9.37. The second kappa shape index (κ2) is 11.7. The normalized spacial score (nSPS) is 13.0. The van der Waals surface area contributed by atoms with E-state index in [4.69, 9.17) is 9.73 Å². The van der Waals surface area contributed by atoms with E-state index < -0.39 is 0 Å². The average Bonchev–Trinajstić information content (AvgIpc) is 2.58. The Morgan fingerprint density at radius 1 is 1.20 bits per heavy atom. The molecule has 0 aliphatic heterocycles. The van der Waals surface area contributed by atoms with Gasteiger partial charge in [0.1, 0.15) is 0 Å². The summed E-state index contributed by atoms with van der Waals surface area (Å²) >= 11 is 0. The number of hydrogen-bond acceptors (Lipinski definition) is 3. The van der Waals surface area contributed by atoms with Crippen LogP contribution in [0.4, 0.5) is 5.69 Å². The Kier molecular flexibility index (Phi) is 10.0. The molecule has 0 aliphatic carbocycles. The highest BCUT2D eigenvalue weighted by molar-refractivity contribution is 5.79. The Balaban J connectivity index is 2.60. The van der Waals surface area contributed by atoms with Crippen molar-refractivity contribution in [3.05, 3.63) is 29.8 Å². The second-order valence-electron chi connectivity index (χ2n) is 6.71. The first-order valence-electron chi connectivity index (χ1n) is 9.37. The van der Waals surface area contributed by atoms with Gasteiger partial charge in [-0.05, 0) is 43.9 Å². The molecular weight excluding hydrogens is 312 g/mol. The van der Waals surface area contributed by atoms with E-state index in [-0.39, 0.29) is 6.10 Å². The van der Waals surface area contributed by atoms with E-state index >= 15 is 0 Å². The number of ether oxygens (including phenoxy) is 1. The Morgan fingerprint density at radius 2 is 1.96 bits per heavy atom. The summed E-state index contributed by atoms with van der Waals surface area (Å²) in [5.41, 5.74) is 2.40. The molecule has 0 bridgehead atoms. The van der Waals surface area contributed by atoms with Crippen molar-refractivity contribution in [2.75, 3.05) is 38.7 Å². The zero-order valence-corrected chi connectivity index (χ0v) is 16.8. The van der Waals surface area contributed by atoms with Crippen LogP contribution in [0.5, 0.6) is 0 Å². The number of benzene rings is 1. The van der Waals surface area contributed by atoms with E-state index in [1.807, 2.05) is 0 Å². The van der Waals surface area contributed by atoms with Crippen LogP contribution in [0.25, 0.3) is 0 Å². The fourth-order valence-corrected chi connectivity index (χ4v) is 2.60. The minimum Gasteiger partial charge on any atom is -0.378 e. The van der Waals surface area contributed by atoms with Crippen molar-refractivity contribution in [2.45, 2.75) is 46.8 Å². The summed E-state index contributed by atoms with van der Waals surface area (Å²) in [5, 5.41) is 6.73. The summed E-state index contributed by atoms with van der Waals surface area (Å²) in [4.78, 5) is 6.81. The maximum Gasteiger partial charge on any atom is 0.191 e. The van der Waals surface area contributed by atoms with Gasteiger partial charge in [-0.2, -0.15) is 0 Å². The maximum atomic E-state index is 5.81. The van der Waals surface area contributed by atoms with Gasteiger partial charge in [0.25, 0.3) is 0 Å². The fraction of sp³-hybridized carbons (Fsp3) is 0.650. The van der Waals surface area contributed by atoms with Gasteiger partial charge in [0, 0.05) is 39.5 Å². The summed E-state index contributed by atoms with van der Waals surface area (Å²) in [6, 6.07) is 8.48. The lowest BCUT2D eigenvalue weighted by Crippen LogP contribution is -2.39. The largest absolute Gasteiger partial charge is 0.378 e. The van der Waals surface area contributed by atoms with Gasteiger partial charge in [-0.15, -0.1) is 0 Å². The van der Waals surface area contributed by atoms with Crippen LogP contribution in [0, 0.1) is 5.92 Å². The fourth-order valence-electron chi connectivity index (χ4n) is 2.60. The van der Waals surface area contributed by atoms with Crippen LogP contribution in [0.2, 0.25) is 0 Å². The monoisotopic (exact) mass is 348 g/mol. The van der Waals surface area contributed by atoms with Gasteiger partial charge in [-0.1, -0.05) is 26.0 Å². The van der Waals surface area contributed by atoms with E-state index in [0.29, 0.717) is 12.5 Å². The van der Waals surface area contributed by atoms with Gasteiger partial charge >= 0.3 is 0 Å². The van der Waals surface area contributed by atoms with Crippen LogP contribution < -0.4 is 15.5 Å². The molecular formula is C20H36N4O. The molecule has 0 saturated heterocycles. The molecule has 1 unspecified atom stereocenters. The highest BCUT2D eigenvalue weighted by atomic mass is 16.5. The van der Waals surface area contributed by atoms with E-state index in [1.165, 1.54) is 11.3 Å². The number of hydrogen-bond donors (Lipinski definition) is 2. The predicted octanol–water partition coefficient (Wildman–Crippen LogP) is 3.26. The summed E-state index contributed by atoms with van der Waals surface area (Å²) in [6.07, 6.45) is 1.27. The van der Waals surface area contributed by atoms with E-state index in [0.717, 1.165) is 32.1 Å².